The molecule has 0 atom stereocenters. The molecule has 2 aromatic rings. The van der Waals surface area contributed by atoms with Crippen LogP contribution in [0.2, 0.25) is 5.02 Å². The van der Waals surface area contributed by atoms with Crippen LogP contribution in [-0.2, 0) is 17.6 Å². The lowest BCUT2D eigenvalue weighted by atomic mass is 10.0. The molecular formula is C20H24ClNO2. The van der Waals surface area contributed by atoms with E-state index >= 15 is 0 Å². The Morgan fingerprint density at radius 2 is 1.83 bits per heavy atom. The van der Waals surface area contributed by atoms with Gasteiger partial charge in [-0.2, -0.15) is 0 Å². The summed E-state index contributed by atoms with van der Waals surface area (Å²) in [6, 6.07) is 16.3. The van der Waals surface area contributed by atoms with E-state index < -0.39 is 0 Å². The van der Waals surface area contributed by atoms with E-state index in [0.717, 1.165) is 36.3 Å². The minimum absolute atomic E-state index is 0.332. The van der Waals surface area contributed by atoms with Crippen molar-refractivity contribution in [2.75, 3.05) is 13.2 Å². The van der Waals surface area contributed by atoms with Crippen LogP contribution in [0.5, 0.6) is 0 Å². The lowest BCUT2D eigenvalue weighted by Crippen LogP contribution is -2.25. The zero-order chi connectivity index (χ0) is 17.2. The summed E-state index contributed by atoms with van der Waals surface area (Å²) < 4.78 is 5.17. The maximum absolute atomic E-state index is 11.4. The molecule has 128 valence electrons. The number of nitrogens with one attached hydrogen (secondary N) is 1. The lowest BCUT2D eigenvalue weighted by Gasteiger charge is -2.07. The Balaban J connectivity index is 1.75. The molecule has 0 aliphatic rings. The van der Waals surface area contributed by atoms with Crippen molar-refractivity contribution < 1.29 is 9.53 Å². The molecular weight excluding hydrogens is 322 g/mol. The maximum atomic E-state index is 11.4. The molecule has 2 rings (SSSR count). The first-order chi connectivity index (χ1) is 11.7. The van der Waals surface area contributed by atoms with Crippen molar-refractivity contribution in [1.82, 2.24) is 5.32 Å². The fraction of sp³-hybridized carbons (Fsp3) is 0.350. The molecule has 1 N–H and O–H groups in total. The monoisotopic (exact) mass is 345 g/mol. The number of alkyl carbamates (subject to hydrolysis) is 1. The fourth-order valence-corrected chi connectivity index (χ4v) is 2.60. The zero-order valence-corrected chi connectivity index (χ0v) is 14.8. The summed E-state index contributed by atoms with van der Waals surface area (Å²) in [5.41, 5.74) is 3.59. The Kier molecular flexibility index (Phi) is 7.63. The van der Waals surface area contributed by atoms with Gasteiger partial charge in [-0.25, -0.2) is 4.79 Å². The normalized spacial score (nSPS) is 10.4. The molecule has 0 saturated carbocycles. The quantitative estimate of drug-likeness (QED) is 0.684. The molecule has 1 amide bonds. The molecule has 0 saturated heterocycles. The number of hydrogen-bond donors (Lipinski definition) is 1. The fourth-order valence-electron chi connectivity index (χ4n) is 2.39. The minimum atomic E-state index is -0.332. The standard InChI is InChI=1S/C20H24ClNO2/c1-2-3-12-22-20(23)24-13-11-16-7-9-17(10-8-16)14-18-5-4-6-19(21)15-18/h4-10,15H,2-3,11-14H2,1H3,(H,22,23). The predicted molar refractivity (Wildman–Crippen MR) is 98.7 cm³/mol. The second kappa shape index (κ2) is 9.99. The zero-order valence-electron chi connectivity index (χ0n) is 14.1. The van der Waals surface area contributed by atoms with E-state index in [1.165, 1.54) is 11.1 Å². The topological polar surface area (TPSA) is 38.3 Å². The van der Waals surface area contributed by atoms with E-state index in [0.29, 0.717) is 13.2 Å². The number of amides is 1. The molecule has 0 heterocycles. The Hall–Kier alpha value is -2.00. The van der Waals surface area contributed by atoms with Gasteiger partial charge in [0.05, 0.1) is 6.61 Å². The molecule has 0 bridgehead atoms. The number of carbonyl (C=O) groups is 1. The third-order valence-corrected chi connectivity index (χ3v) is 3.98. The van der Waals surface area contributed by atoms with Crippen LogP contribution in [0.25, 0.3) is 0 Å². The third-order valence-electron chi connectivity index (χ3n) is 3.74. The highest BCUT2D eigenvalue weighted by molar-refractivity contribution is 6.30. The molecule has 2 aromatic carbocycles. The van der Waals surface area contributed by atoms with Gasteiger partial charge >= 0.3 is 6.09 Å². The number of unbranched alkanes of at least 4 members (excludes halogenated alkanes) is 1. The molecule has 0 spiro atoms. The summed E-state index contributed by atoms with van der Waals surface area (Å²) in [6.45, 7) is 3.15. The maximum Gasteiger partial charge on any atom is 0.407 e. The van der Waals surface area contributed by atoms with Crippen molar-refractivity contribution in [3.8, 4) is 0 Å². The van der Waals surface area contributed by atoms with Crippen molar-refractivity contribution in [2.24, 2.45) is 0 Å². The van der Waals surface area contributed by atoms with Crippen LogP contribution in [-0.4, -0.2) is 19.2 Å². The van der Waals surface area contributed by atoms with Gasteiger partial charge in [-0.1, -0.05) is 61.3 Å². The average molecular weight is 346 g/mol. The van der Waals surface area contributed by atoms with Gasteiger partial charge in [-0.3, -0.25) is 0 Å². The van der Waals surface area contributed by atoms with Crippen LogP contribution in [0, 0.1) is 0 Å². The van der Waals surface area contributed by atoms with E-state index in [1.54, 1.807) is 0 Å². The minimum Gasteiger partial charge on any atom is -0.449 e. The molecule has 0 fully saturated rings. The predicted octanol–water partition coefficient (Wildman–Crippen LogP) is 5.00. The van der Waals surface area contributed by atoms with Crippen LogP contribution in [0.1, 0.15) is 36.5 Å². The number of hydrogen-bond acceptors (Lipinski definition) is 2. The first kappa shape index (κ1) is 18.3. The largest absolute Gasteiger partial charge is 0.449 e. The summed E-state index contributed by atoms with van der Waals surface area (Å²) in [6.07, 6.45) is 3.28. The average Bonchev–Trinajstić information content (AvgIpc) is 2.57. The summed E-state index contributed by atoms with van der Waals surface area (Å²) in [4.78, 5) is 11.4. The SMILES string of the molecule is CCCCNC(=O)OCCc1ccc(Cc2cccc(Cl)c2)cc1. The van der Waals surface area contributed by atoms with Gasteiger partial charge in [0.2, 0.25) is 0 Å². The van der Waals surface area contributed by atoms with Crippen LogP contribution in [0.3, 0.4) is 0 Å². The first-order valence-corrected chi connectivity index (χ1v) is 8.78. The third kappa shape index (κ3) is 6.63. The molecule has 0 aliphatic heterocycles. The van der Waals surface area contributed by atoms with E-state index in [4.69, 9.17) is 16.3 Å². The molecule has 0 unspecified atom stereocenters. The van der Waals surface area contributed by atoms with E-state index in [1.807, 2.05) is 18.2 Å². The van der Waals surface area contributed by atoms with Crippen LogP contribution in [0.15, 0.2) is 48.5 Å². The van der Waals surface area contributed by atoms with Crippen LogP contribution >= 0.6 is 11.6 Å². The second-order valence-corrected chi connectivity index (χ2v) is 6.23. The highest BCUT2D eigenvalue weighted by Crippen LogP contribution is 2.15. The smallest absolute Gasteiger partial charge is 0.407 e. The Labute approximate surface area is 149 Å². The van der Waals surface area contributed by atoms with Crippen LogP contribution in [0.4, 0.5) is 4.79 Å². The number of benzene rings is 2. The molecule has 0 aliphatic carbocycles. The van der Waals surface area contributed by atoms with Gasteiger partial charge in [-0.05, 0) is 41.7 Å². The van der Waals surface area contributed by atoms with E-state index in [9.17, 15) is 4.79 Å². The summed E-state index contributed by atoms with van der Waals surface area (Å²) >= 11 is 6.01. The van der Waals surface area contributed by atoms with Gasteiger partial charge in [0.1, 0.15) is 0 Å². The summed E-state index contributed by atoms with van der Waals surface area (Å²) in [5.74, 6) is 0. The highest BCUT2D eigenvalue weighted by atomic mass is 35.5. The molecule has 0 aromatic heterocycles. The van der Waals surface area contributed by atoms with Gasteiger partial charge in [0, 0.05) is 18.0 Å². The molecule has 4 heteroatoms. The van der Waals surface area contributed by atoms with Gasteiger partial charge < -0.3 is 10.1 Å². The van der Waals surface area contributed by atoms with E-state index in [-0.39, 0.29) is 6.09 Å². The summed E-state index contributed by atoms with van der Waals surface area (Å²) in [5, 5.41) is 3.50. The van der Waals surface area contributed by atoms with Gasteiger partial charge in [-0.15, -0.1) is 0 Å². The van der Waals surface area contributed by atoms with Crippen molar-refractivity contribution in [1.29, 1.82) is 0 Å². The molecule has 3 nitrogen and oxygen atoms in total. The van der Waals surface area contributed by atoms with Crippen molar-refractivity contribution in [2.45, 2.75) is 32.6 Å². The van der Waals surface area contributed by atoms with Gasteiger partial charge in [0.25, 0.3) is 0 Å². The highest BCUT2D eigenvalue weighted by Gasteiger charge is 2.02. The van der Waals surface area contributed by atoms with Crippen LogP contribution < -0.4 is 5.32 Å². The number of halogens is 1. The van der Waals surface area contributed by atoms with Gasteiger partial charge in [0.15, 0.2) is 0 Å². The number of carbonyl (C=O) groups excluding carboxylic acids is 1. The lowest BCUT2D eigenvalue weighted by molar-refractivity contribution is 0.147. The number of ether oxygens (including phenoxy) is 1. The van der Waals surface area contributed by atoms with Crippen molar-refractivity contribution in [3.63, 3.8) is 0 Å². The van der Waals surface area contributed by atoms with E-state index in [2.05, 4.69) is 42.6 Å². The first-order valence-electron chi connectivity index (χ1n) is 8.40. The number of rotatable bonds is 8. The Morgan fingerprint density at radius 3 is 2.54 bits per heavy atom. The second-order valence-electron chi connectivity index (χ2n) is 5.79. The Morgan fingerprint density at radius 1 is 1.08 bits per heavy atom. The summed E-state index contributed by atoms with van der Waals surface area (Å²) in [7, 11) is 0. The molecule has 0 radical (unpaired) electrons. The van der Waals surface area contributed by atoms with Crippen molar-refractivity contribution in [3.05, 3.63) is 70.2 Å². The van der Waals surface area contributed by atoms with Crippen molar-refractivity contribution >= 4 is 17.7 Å². The Bertz CT molecular complexity index is 640. The molecule has 24 heavy (non-hydrogen) atoms.